The van der Waals surface area contributed by atoms with Crippen molar-refractivity contribution in [1.29, 1.82) is 0 Å². The molecule has 0 spiro atoms. The Labute approximate surface area is 78.1 Å². The molecule has 1 saturated heterocycles. The monoisotopic (exact) mass is 178 g/mol. The highest BCUT2D eigenvalue weighted by atomic mass is 16.5. The molecule has 2 heterocycles. The van der Waals surface area contributed by atoms with E-state index in [2.05, 4.69) is 10.3 Å². The highest BCUT2D eigenvalue weighted by Gasteiger charge is 2.15. The summed E-state index contributed by atoms with van der Waals surface area (Å²) in [5.74, 6) is 0.874. The molecule has 0 unspecified atom stereocenters. The number of pyridine rings is 1. The minimum Gasteiger partial charge on any atom is -0.487 e. The second kappa shape index (κ2) is 3.75. The predicted molar refractivity (Wildman–Crippen MR) is 50.9 cm³/mol. The average molecular weight is 178 g/mol. The molecule has 2 rings (SSSR count). The molecule has 0 amide bonds. The number of aromatic nitrogens is 1. The lowest BCUT2D eigenvalue weighted by Gasteiger charge is -2.11. The normalized spacial score (nSPS) is 21.8. The van der Waals surface area contributed by atoms with Crippen molar-refractivity contribution in [2.24, 2.45) is 0 Å². The summed E-state index contributed by atoms with van der Waals surface area (Å²) in [4.78, 5) is 4.18. The molecule has 0 bridgehead atoms. The number of aryl methyl sites for hydroxylation is 1. The summed E-state index contributed by atoms with van der Waals surface area (Å²) in [5, 5.41) is 3.26. The Bertz CT molecular complexity index is 265. The van der Waals surface area contributed by atoms with Crippen molar-refractivity contribution in [1.82, 2.24) is 10.3 Å². The third kappa shape index (κ3) is 2.18. The van der Waals surface area contributed by atoms with Gasteiger partial charge in [0.15, 0.2) is 0 Å². The Morgan fingerprint density at radius 1 is 1.54 bits per heavy atom. The van der Waals surface area contributed by atoms with E-state index in [1.54, 1.807) is 6.20 Å². The van der Waals surface area contributed by atoms with E-state index >= 15 is 0 Å². The van der Waals surface area contributed by atoms with Crippen molar-refractivity contribution < 1.29 is 4.74 Å². The van der Waals surface area contributed by atoms with Gasteiger partial charge < -0.3 is 10.1 Å². The van der Waals surface area contributed by atoms with Gasteiger partial charge in [-0.15, -0.1) is 0 Å². The van der Waals surface area contributed by atoms with Gasteiger partial charge in [0.05, 0.1) is 6.20 Å². The first kappa shape index (κ1) is 8.51. The van der Waals surface area contributed by atoms with Crippen molar-refractivity contribution in [2.75, 3.05) is 13.1 Å². The summed E-state index contributed by atoms with van der Waals surface area (Å²) < 4.78 is 5.71. The molecule has 0 aromatic carbocycles. The van der Waals surface area contributed by atoms with Gasteiger partial charge in [-0.3, -0.25) is 4.98 Å². The Morgan fingerprint density at radius 2 is 2.46 bits per heavy atom. The standard InChI is InChI=1S/C10H14N2O/c1-8-2-3-9(7-12-8)13-10-4-5-11-6-10/h2-3,7,10-11H,4-6H2,1H3/t10-/m0/s1. The Morgan fingerprint density at radius 3 is 3.08 bits per heavy atom. The molecule has 1 N–H and O–H groups in total. The van der Waals surface area contributed by atoms with Crippen LogP contribution < -0.4 is 10.1 Å². The van der Waals surface area contributed by atoms with Gasteiger partial charge in [0.1, 0.15) is 11.9 Å². The highest BCUT2D eigenvalue weighted by Crippen LogP contribution is 2.13. The molecule has 3 nitrogen and oxygen atoms in total. The maximum absolute atomic E-state index is 5.71. The number of nitrogens with zero attached hydrogens (tertiary/aromatic N) is 1. The minimum atomic E-state index is 0.324. The van der Waals surface area contributed by atoms with E-state index in [0.717, 1.165) is 31.0 Å². The number of nitrogens with one attached hydrogen (secondary N) is 1. The van der Waals surface area contributed by atoms with Crippen LogP contribution in [0.15, 0.2) is 18.3 Å². The first-order chi connectivity index (χ1) is 6.34. The summed E-state index contributed by atoms with van der Waals surface area (Å²) in [7, 11) is 0. The molecule has 70 valence electrons. The Kier molecular flexibility index (Phi) is 2.45. The Balaban J connectivity index is 1.97. The fraction of sp³-hybridized carbons (Fsp3) is 0.500. The molecule has 13 heavy (non-hydrogen) atoms. The van der Waals surface area contributed by atoms with Crippen molar-refractivity contribution in [3.63, 3.8) is 0 Å². The molecule has 1 fully saturated rings. The summed E-state index contributed by atoms with van der Waals surface area (Å²) in [6.07, 6.45) is 3.20. The molecular weight excluding hydrogens is 164 g/mol. The summed E-state index contributed by atoms with van der Waals surface area (Å²) in [6, 6.07) is 3.94. The van der Waals surface area contributed by atoms with Crippen LogP contribution in [0.25, 0.3) is 0 Å². The van der Waals surface area contributed by atoms with E-state index in [1.807, 2.05) is 19.1 Å². The third-order valence-electron chi connectivity index (χ3n) is 2.20. The zero-order chi connectivity index (χ0) is 9.10. The summed E-state index contributed by atoms with van der Waals surface area (Å²) in [5.41, 5.74) is 1.02. The molecule has 0 radical (unpaired) electrons. The molecule has 0 saturated carbocycles. The van der Waals surface area contributed by atoms with Gasteiger partial charge in [-0.25, -0.2) is 0 Å². The fourth-order valence-corrected chi connectivity index (χ4v) is 1.45. The van der Waals surface area contributed by atoms with Crippen LogP contribution in [-0.2, 0) is 0 Å². The SMILES string of the molecule is Cc1ccc(O[C@H]2CCNC2)cn1. The van der Waals surface area contributed by atoms with E-state index < -0.39 is 0 Å². The Hall–Kier alpha value is -1.09. The first-order valence-electron chi connectivity index (χ1n) is 4.64. The maximum atomic E-state index is 5.71. The molecule has 1 atom stereocenters. The van der Waals surface area contributed by atoms with Crippen molar-refractivity contribution >= 4 is 0 Å². The van der Waals surface area contributed by atoms with Crippen LogP contribution in [-0.4, -0.2) is 24.2 Å². The molecule has 1 aliphatic rings. The van der Waals surface area contributed by atoms with E-state index in [-0.39, 0.29) is 0 Å². The van der Waals surface area contributed by atoms with Crippen LogP contribution in [0.5, 0.6) is 5.75 Å². The van der Waals surface area contributed by atoms with Gasteiger partial charge in [-0.2, -0.15) is 0 Å². The molecule has 1 aromatic rings. The zero-order valence-electron chi connectivity index (χ0n) is 7.79. The molecule has 1 aromatic heterocycles. The lowest BCUT2D eigenvalue weighted by molar-refractivity contribution is 0.222. The molecule has 3 heteroatoms. The second-order valence-corrected chi connectivity index (χ2v) is 3.37. The van der Waals surface area contributed by atoms with Gasteiger partial charge in [0.2, 0.25) is 0 Å². The van der Waals surface area contributed by atoms with Crippen LogP contribution in [0.2, 0.25) is 0 Å². The van der Waals surface area contributed by atoms with E-state index in [9.17, 15) is 0 Å². The van der Waals surface area contributed by atoms with E-state index in [4.69, 9.17) is 4.74 Å². The van der Waals surface area contributed by atoms with Crippen molar-refractivity contribution in [3.05, 3.63) is 24.0 Å². The number of rotatable bonds is 2. The highest BCUT2D eigenvalue weighted by molar-refractivity contribution is 5.19. The number of ether oxygens (including phenoxy) is 1. The minimum absolute atomic E-state index is 0.324. The van der Waals surface area contributed by atoms with Crippen molar-refractivity contribution in [2.45, 2.75) is 19.4 Å². The molecule has 0 aliphatic carbocycles. The van der Waals surface area contributed by atoms with Gasteiger partial charge in [0, 0.05) is 12.2 Å². The van der Waals surface area contributed by atoms with Crippen molar-refractivity contribution in [3.8, 4) is 5.75 Å². The predicted octanol–water partition coefficient (Wildman–Crippen LogP) is 1.13. The smallest absolute Gasteiger partial charge is 0.138 e. The van der Waals surface area contributed by atoms with Crippen LogP contribution in [0.3, 0.4) is 0 Å². The topological polar surface area (TPSA) is 34.1 Å². The zero-order valence-corrected chi connectivity index (χ0v) is 7.79. The summed E-state index contributed by atoms with van der Waals surface area (Å²) >= 11 is 0. The lowest BCUT2D eigenvalue weighted by Crippen LogP contribution is -2.19. The largest absolute Gasteiger partial charge is 0.487 e. The van der Waals surface area contributed by atoms with E-state index in [1.165, 1.54) is 0 Å². The van der Waals surface area contributed by atoms with Gasteiger partial charge in [-0.1, -0.05) is 0 Å². The number of hydrogen-bond donors (Lipinski definition) is 1. The third-order valence-corrected chi connectivity index (χ3v) is 2.20. The maximum Gasteiger partial charge on any atom is 0.138 e. The number of hydrogen-bond acceptors (Lipinski definition) is 3. The van der Waals surface area contributed by atoms with Crippen LogP contribution in [0, 0.1) is 6.92 Å². The fourth-order valence-electron chi connectivity index (χ4n) is 1.45. The quantitative estimate of drug-likeness (QED) is 0.737. The van der Waals surface area contributed by atoms with Gasteiger partial charge >= 0.3 is 0 Å². The first-order valence-corrected chi connectivity index (χ1v) is 4.64. The van der Waals surface area contributed by atoms with Gasteiger partial charge in [-0.05, 0) is 32.0 Å². The van der Waals surface area contributed by atoms with Crippen LogP contribution in [0.4, 0.5) is 0 Å². The van der Waals surface area contributed by atoms with Crippen LogP contribution >= 0.6 is 0 Å². The average Bonchev–Trinajstić information content (AvgIpc) is 2.62. The molecule has 1 aliphatic heterocycles. The van der Waals surface area contributed by atoms with E-state index in [0.29, 0.717) is 6.10 Å². The lowest BCUT2D eigenvalue weighted by atomic mass is 10.3. The summed E-state index contributed by atoms with van der Waals surface area (Å²) in [6.45, 7) is 3.98. The molecular formula is C10H14N2O. The van der Waals surface area contributed by atoms with Gasteiger partial charge in [0.25, 0.3) is 0 Å². The van der Waals surface area contributed by atoms with Crippen LogP contribution in [0.1, 0.15) is 12.1 Å². The second-order valence-electron chi connectivity index (χ2n) is 3.37.